The van der Waals surface area contributed by atoms with Crippen LogP contribution in [-0.2, 0) is 13.0 Å². The molecule has 2 N–H and O–H groups in total. The first-order valence-electron chi connectivity index (χ1n) is 5.46. The van der Waals surface area contributed by atoms with E-state index in [9.17, 15) is 4.79 Å². The molecule has 0 aliphatic heterocycles. The highest BCUT2D eigenvalue weighted by Crippen LogP contribution is 2.08. The lowest BCUT2D eigenvalue weighted by Crippen LogP contribution is -2.16. The van der Waals surface area contributed by atoms with Gasteiger partial charge in [0, 0.05) is 24.4 Å². The average molecular weight is 267 g/mol. The monoisotopic (exact) mass is 267 g/mol. The molecule has 0 amide bonds. The van der Waals surface area contributed by atoms with E-state index in [4.69, 9.17) is 9.63 Å². The van der Waals surface area contributed by atoms with Gasteiger partial charge in [0.15, 0.2) is 11.5 Å². The first-order chi connectivity index (χ1) is 8.65. The van der Waals surface area contributed by atoms with Crippen LogP contribution in [0.1, 0.15) is 27.0 Å². The van der Waals surface area contributed by atoms with Gasteiger partial charge in [0.2, 0.25) is 0 Å². The van der Waals surface area contributed by atoms with Gasteiger partial charge >= 0.3 is 5.97 Å². The Balaban J connectivity index is 1.73. The van der Waals surface area contributed by atoms with Crippen molar-refractivity contribution in [3.8, 4) is 0 Å². The molecule has 2 aromatic rings. The summed E-state index contributed by atoms with van der Waals surface area (Å²) in [5.74, 6) is -0.565. The van der Waals surface area contributed by atoms with Crippen molar-refractivity contribution in [3.63, 3.8) is 0 Å². The zero-order valence-electron chi connectivity index (χ0n) is 9.84. The lowest BCUT2D eigenvalue weighted by molar-refractivity contribution is 0.0685. The smallest absolute Gasteiger partial charge is 0.358 e. The number of aromatic carboxylic acids is 1. The van der Waals surface area contributed by atoms with E-state index in [1.165, 1.54) is 6.07 Å². The van der Waals surface area contributed by atoms with Gasteiger partial charge in [-0.05, 0) is 6.92 Å². The first kappa shape index (κ1) is 12.7. The van der Waals surface area contributed by atoms with Gasteiger partial charge in [-0.3, -0.25) is 0 Å². The van der Waals surface area contributed by atoms with Crippen LogP contribution >= 0.6 is 11.3 Å². The molecule has 0 aliphatic carbocycles. The molecule has 0 radical (unpaired) electrons. The van der Waals surface area contributed by atoms with Crippen LogP contribution < -0.4 is 5.32 Å². The van der Waals surface area contributed by atoms with E-state index in [1.54, 1.807) is 11.3 Å². The molecular formula is C11H13N3O3S. The summed E-state index contributed by atoms with van der Waals surface area (Å²) < 4.78 is 4.88. The van der Waals surface area contributed by atoms with Crippen LogP contribution in [0.5, 0.6) is 0 Å². The number of rotatable bonds is 6. The summed E-state index contributed by atoms with van der Waals surface area (Å²) >= 11 is 1.63. The molecule has 2 rings (SSSR count). The normalized spacial score (nSPS) is 10.7. The Morgan fingerprint density at radius 1 is 1.61 bits per heavy atom. The quantitative estimate of drug-likeness (QED) is 0.770. The van der Waals surface area contributed by atoms with E-state index < -0.39 is 5.97 Å². The highest BCUT2D eigenvalue weighted by Gasteiger charge is 2.09. The van der Waals surface area contributed by atoms with E-state index in [-0.39, 0.29) is 5.69 Å². The fourth-order valence-corrected chi connectivity index (χ4v) is 2.10. The SMILES string of the molecule is Cc1nc(CCNCc2cc(C(=O)O)no2)cs1. The Morgan fingerprint density at radius 2 is 2.44 bits per heavy atom. The summed E-state index contributed by atoms with van der Waals surface area (Å²) in [4.78, 5) is 14.9. The van der Waals surface area contributed by atoms with Gasteiger partial charge in [0.1, 0.15) is 0 Å². The highest BCUT2D eigenvalue weighted by atomic mass is 32.1. The van der Waals surface area contributed by atoms with Crippen LogP contribution in [0.2, 0.25) is 0 Å². The van der Waals surface area contributed by atoms with Gasteiger partial charge < -0.3 is 14.9 Å². The van der Waals surface area contributed by atoms with Gasteiger partial charge in [-0.2, -0.15) is 0 Å². The number of hydrogen-bond donors (Lipinski definition) is 2. The van der Waals surface area contributed by atoms with Crippen molar-refractivity contribution in [2.45, 2.75) is 19.9 Å². The molecule has 0 aromatic carbocycles. The number of carbonyl (C=O) groups is 1. The number of carboxylic acid groups (broad SMARTS) is 1. The van der Waals surface area contributed by atoms with Crippen LogP contribution in [0.3, 0.4) is 0 Å². The third kappa shape index (κ3) is 3.38. The molecule has 0 atom stereocenters. The molecule has 7 heteroatoms. The van der Waals surface area contributed by atoms with Crippen LogP contribution in [0.4, 0.5) is 0 Å². The lowest BCUT2D eigenvalue weighted by atomic mass is 10.3. The second-order valence-electron chi connectivity index (χ2n) is 3.77. The Kier molecular flexibility index (Phi) is 4.06. The van der Waals surface area contributed by atoms with Crippen LogP contribution in [-0.4, -0.2) is 27.8 Å². The number of nitrogens with zero attached hydrogens (tertiary/aromatic N) is 2. The minimum absolute atomic E-state index is 0.0677. The molecule has 2 heterocycles. The topological polar surface area (TPSA) is 88.2 Å². The Morgan fingerprint density at radius 3 is 3.06 bits per heavy atom. The summed E-state index contributed by atoms with van der Waals surface area (Å²) in [6.07, 6.45) is 0.838. The van der Waals surface area contributed by atoms with Crippen molar-refractivity contribution in [2.75, 3.05) is 6.54 Å². The number of nitrogens with one attached hydrogen (secondary N) is 1. The van der Waals surface area contributed by atoms with E-state index in [0.29, 0.717) is 12.3 Å². The van der Waals surface area contributed by atoms with Gasteiger partial charge in [-0.25, -0.2) is 9.78 Å². The number of aryl methyl sites for hydroxylation is 1. The average Bonchev–Trinajstić information content (AvgIpc) is 2.93. The number of thiazole rings is 1. The van der Waals surface area contributed by atoms with Gasteiger partial charge in [0.05, 0.1) is 17.2 Å². The Bertz CT molecular complexity index is 535. The summed E-state index contributed by atoms with van der Waals surface area (Å²) in [6, 6.07) is 1.42. The van der Waals surface area contributed by atoms with Crippen molar-refractivity contribution in [1.29, 1.82) is 0 Å². The van der Waals surface area contributed by atoms with Gasteiger partial charge in [-0.15, -0.1) is 11.3 Å². The molecule has 2 aromatic heterocycles. The molecule has 96 valence electrons. The van der Waals surface area contributed by atoms with Crippen LogP contribution in [0, 0.1) is 6.92 Å². The first-order valence-corrected chi connectivity index (χ1v) is 6.33. The highest BCUT2D eigenvalue weighted by molar-refractivity contribution is 7.09. The minimum Gasteiger partial charge on any atom is -0.476 e. The molecule has 0 unspecified atom stereocenters. The molecular weight excluding hydrogens is 254 g/mol. The van der Waals surface area contributed by atoms with E-state index >= 15 is 0 Å². The molecule has 6 nitrogen and oxygen atoms in total. The second kappa shape index (κ2) is 5.74. The van der Waals surface area contributed by atoms with Crippen molar-refractivity contribution in [3.05, 3.63) is 33.6 Å². The number of aromatic nitrogens is 2. The zero-order chi connectivity index (χ0) is 13.0. The maximum atomic E-state index is 10.6. The predicted octanol–water partition coefficient (Wildman–Crippen LogP) is 1.47. The fourth-order valence-electron chi connectivity index (χ4n) is 1.45. The molecule has 0 fully saturated rings. The zero-order valence-corrected chi connectivity index (χ0v) is 10.7. The standard InChI is InChI=1S/C11H13N3O3S/c1-7-13-8(6-18-7)2-3-12-5-9-4-10(11(15)16)14-17-9/h4,6,12H,2-3,5H2,1H3,(H,15,16). The summed E-state index contributed by atoms with van der Waals surface area (Å²) in [5.41, 5.74) is 0.996. The lowest BCUT2D eigenvalue weighted by Gasteiger charge is -1.99. The fraction of sp³-hybridized carbons (Fsp3) is 0.364. The third-order valence-electron chi connectivity index (χ3n) is 2.30. The largest absolute Gasteiger partial charge is 0.476 e. The third-order valence-corrected chi connectivity index (χ3v) is 3.12. The summed E-state index contributed by atoms with van der Waals surface area (Å²) in [6.45, 7) is 3.19. The van der Waals surface area contributed by atoms with E-state index in [2.05, 4.69) is 15.5 Å². The molecule has 0 saturated carbocycles. The molecule has 0 aliphatic rings. The van der Waals surface area contributed by atoms with Gasteiger partial charge in [-0.1, -0.05) is 5.16 Å². The van der Waals surface area contributed by atoms with Crippen molar-refractivity contribution < 1.29 is 14.4 Å². The molecule has 0 spiro atoms. The van der Waals surface area contributed by atoms with Crippen molar-refractivity contribution >= 4 is 17.3 Å². The summed E-state index contributed by atoms with van der Waals surface area (Å²) in [5, 5.41) is 18.3. The molecule has 0 bridgehead atoms. The predicted molar refractivity (Wildman–Crippen MR) is 65.7 cm³/mol. The summed E-state index contributed by atoms with van der Waals surface area (Å²) in [7, 11) is 0. The van der Waals surface area contributed by atoms with E-state index in [0.717, 1.165) is 23.7 Å². The Hall–Kier alpha value is -1.73. The minimum atomic E-state index is -1.08. The maximum absolute atomic E-state index is 10.6. The Labute approximate surface area is 108 Å². The van der Waals surface area contributed by atoms with Gasteiger partial charge in [0.25, 0.3) is 0 Å². The molecule has 18 heavy (non-hydrogen) atoms. The van der Waals surface area contributed by atoms with Crippen molar-refractivity contribution in [1.82, 2.24) is 15.5 Å². The van der Waals surface area contributed by atoms with Crippen molar-refractivity contribution in [2.24, 2.45) is 0 Å². The number of hydrogen-bond acceptors (Lipinski definition) is 6. The molecule has 0 saturated heterocycles. The maximum Gasteiger partial charge on any atom is 0.358 e. The second-order valence-corrected chi connectivity index (χ2v) is 4.83. The van der Waals surface area contributed by atoms with E-state index in [1.807, 2.05) is 12.3 Å². The van der Waals surface area contributed by atoms with Crippen LogP contribution in [0.25, 0.3) is 0 Å². The number of carboxylic acids is 1. The van der Waals surface area contributed by atoms with Crippen LogP contribution in [0.15, 0.2) is 16.0 Å².